The molecule has 0 spiro atoms. The molecule has 4 N–H and O–H groups in total. The molecule has 0 bridgehead atoms. The number of benzene rings is 2. The summed E-state index contributed by atoms with van der Waals surface area (Å²) in [4.78, 5) is 65.2. The maximum atomic E-state index is 13.0. The Morgan fingerprint density at radius 1 is 0.769 bits per heavy atom. The topological polar surface area (TPSA) is 158 Å². The molecule has 2 heterocycles. The molecule has 2 fully saturated rings. The Morgan fingerprint density at radius 3 is 1.83 bits per heavy atom. The van der Waals surface area contributed by atoms with E-state index in [1.165, 1.54) is 5.56 Å². The van der Waals surface area contributed by atoms with Gasteiger partial charge in [0, 0.05) is 13.1 Å². The van der Waals surface area contributed by atoms with Gasteiger partial charge in [0.15, 0.2) is 5.78 Å². The third-order valence-corrected chi connectivity index (χ3v) is 7.95. The molecular formula is C40H61N5O7. The fourth-order valence-corrected chi connectivity index (χ4v) is 5.06. The molecule has 3 atom stereocenters. The van der Waals surface area contributed by atoms with Crippen LogP contribution in [0.1, 0.15) is 65.5 Å². The van der Waals surface area contributed by atoms with Crippen molar-refractivity contribution >= 4 is 29.4 Å². The van der Waals surface area contributed by atoms with E-state index in [9.17, 15) is 24.0 Å². The van der Waals surface area contributed by atoms with Crippen LogP contribution in [0.25, 0.3) is 0 Å². The Labute approximate surface area is 310 Å². The van der Waals surface area contributed by atoms with Crippen LogP contribution in [0.5, 0.6) is 0 Å². The number of carbonyl (C=O) groups is 5. The zero-order valence-corrected chi connectivity index (χ0v) is 32.2. The molecule has 2 unspecified atom stereocenters. The van der Waals surface area contributed by atoms with Gasteiger partial charge in [-0.3, -0.25) is 28.9 Å². The molecule has 0 radical (unpaired) electrons. The molecule has 12 heteroatoms. The van der Waals surface area contributed by atoms with Crippen molar-refractivity contribution in [3.05, 3.63) is 71.8 Å². The van der Waals surface area contributed by atoms with E-state index >= 15 is 0 Å². The molecule has 0 saturated carbocycles. The number of rotatable bonds is 16. The molecule has 2 aliphatic rings. The van der Waals surface area contributed by atoms with E-state index in [4.69, 9.17) is 9.47 Å². The number of hydrogen-bond acceptors (Lipinski definition) is 8. The fourth-order valence-electron chi connectivity index (χ4n) is 5.06. The lowest BCUT2D eigenvalue weighted by molar-refractivity contribution is -0.132. The van der Waals surface area contributed by atoms with Gasteiger partial charge in [-0.15, -0.1) is 0 Å². The average Bonchev–Trinajstić information content (AvgIpc) is 3.86. The predicted octanol–water partition coefficient (Wildman–Crippen LogP) is 3.21. The van der Waals surface area contributed by atoms with Gasteiger partial charge in [-0.05, 0) is 50.5 Å². The SMILES string of the molecule is CC(C)C.CC(C)CC(NC(=O)CNC(=O)CNC(=O)[C@H](CCc1ccccc1)NC(=O)CN1CCOCC1)C(=O)C1(C)CO1.Cc1ccccc1. The van der Waals surface area contributed by atoms with E-state index < -0.39 is 35.4 Å². The third-order valence-electron chi connectivity index (χ3n) is 7.95. The van der Waals surface area contributed by atoms with Crippen molar-refractivity contribution in [2.24, 2.45) is 11.8 Å². The first-order valence-corrected chi connectivity index (χ1v) is 18.4. The Hall–Kier alpha value is -4.13. The second kappa shape index (κ2) is 23.4. The van der Waals surface area contributed by atoms with Gasteiger partial charge in [0.05, 0.1) is 45.5 Å². The molecule has 52 heavy (non-hydrogen) atoms. The summed E-state index contributed by atoms with van der Waals surface area (Å²) in [5.41, 5.74) is 1.48. The van der Waals surface area contributed by atoms with Gasteiger partial charge < -0.3 is 30.7 Å². The first kappa shape index (κ1) is 44.0. The van der Waals surface area contributed by atoms with Crippen LogP contribution in [-0.2, 0) is 39.9 Å². The van der Waals surface area contributed by atoms with Gasteiger partial charge >= 0.3 is 0 Å². The minimum absolute atomic E-state index is 0.152. The van der Waals surface area contributed by atoms with Crippen LogP contribution in [-0.4, -0.2) is 105 Å². The lowest BCUT2D eigenvalue weighted by Crippen LogP contribution is -2.53. The first-order valence-electron chi connectivity index (χ1n) is 18.4. The molecule has 288 valence electrons. The van der Waals surface area contributed by atoms with Crippen molar-refractivity contribution in [3.8, 4) is 0 Å². The monoisotopic (exact) mass is 723 g/mol. The Balaban J connectivity index is 0.000000729. The third kappa shape index (κ3) is 18.9. The lowest BCUT2D eigenvalue weighted by atomic mass is 9.93. The number of epoxide rings is 1. The number of nitrogens with zero attached hydrogens (tertiary/aromatic N) is 1. The minimum Gasteiger partial charge on any atom is -0.379 e. The van der Waals surface area contributed by atoms with Crippen molar-refractivity contribution in [2.75, 3.05) is 52.5 Å². The van der Waals surface area contributed by atoms with Gasteiger partial charge in [0.2, 0.25) is 23.6 Å². The molecule has 12 nitrogen and oxygen atoms in total. The molecule has 4 amide bonds. The van der Waals surface area contributed by atoms with Gasteiger partial charge in [-0.25, -0.2) is 0 Å². The molecule has 2 saturated heterocycles. The van der Waals surface area contributed by atoms with E-state index in [0.717, 1.165) is 11.5 Å². The summed E-state index contributed by atoms with van der Waals surface area (Å²) in [6.07, 6.45) is 1.36. The van der Waals surface area contributed by atoms with Crippen LogP contribution >= 0.6 is 0 Å². The van der Waals surface area contributed by atoms with Crippen molar-refractivity contribution in [1.82, 2.24) is 26.2 Å². The number of carbonyl (C=O) groups excluding carboxylic acids is 5. The Kier molecular flexibility index (Phi) is 19.8. The lowest BCUT2D eigenvalue weighted by Gasteiger charge is -2.27. The Bertz CT molecular complexity index is 1370. The van der Waals surface area contributed by atoms with E-state index in [2.05, 4.69) is 61.1 Å². The van der Waals surface area contributed by atoms with E-state index in [0.29, 0.717) is 52.2 Å². The normalized spacial score (nSPS) is 17.6. The molecule has 2 aromatic rings. The predicted molar refractivity (Wildman–Crippen MR) is 202 cm³/mol. The van der Waals surface area contributed by atoms with Crippen LogP contribution in [0.4, 0.5) is 0 Å². The van der Waals surface area contributed by atoms with Crippen LogP contribution in [0.3, 0.4) is 0 Å². The number of nitrogens with one attached hydrogen (secondary N) is 4. The maximum Gasteiger partial charge on any atom is 0.243 e. The second-order valence-corrected chi connectivity index (χ2v) is 14.5. The number of hydrogen-bond donors (Lipinski definition) is 4. The molecule has 0 aromatic heterocycles. The number of morpholine rings is 1. The average molecular weight is 724 g/mol. The smallest absolute Gasteiger partial charge is 0.243 e. The molecule has 2 aromatic carbocycles. The summed E-state index contributed by atoms with van der Waals surface area (Å²) < 4.78 is 10.6. The quantitative estimate of drug-likeness (QED) is 0.192. The van der Waals surface area contributed by atoms with E-state index in [1.54, 1.807) is 6.92 Å². The van der Waals surface area contributed by atoms with E-state index in [-0.39, 0.29) is 37.2 Å². The summed E-state index contributed by atoms with van der Waals surface area (Å²) in [7, 11) is 0. The maximum absolute atomic E-state index is 13.0. The summed E-state index contributed by atoms with van der Waals surface area (Å²) in [6, 6.07) is 18.3. The fraction of sp³-hybridized carbons (Fsp3) is 0.575. The van der Waals surface area contributed by atoms with Gasteiger partial charge in [0.1, 0.15) is 11.6 Å². The molecular weight excluding hydrogens is 662 g/mol. The second-order valence-electron chi connectivity index (χ2n) is 14.5. The number of amides is 4. The molecule has 2 aliphatic heterocycles. The summed E-state index contributed by atoms with van der Waals surface area (Å²) in [5, 5.41) is 10.5. The summed E-state index contributed by atoms with van der Waals surface area (Å²) in [5.74, 6) is -1.03. The summed E-state index contributed by atoms with van der Waals surface area (Å²) in [6.45, 7) is 16.3. The zero-order chi connectivity index (χ0) is 38.5. The van der Waals surface area contributed by atoms with Crippen molar-refractivity contribution in [1.29, 1.82) is 0 Å². The minimum atomic E-state index is -0.866. The molecule has 4 rings (SSSR count). The Morgan fingerprint density at radius 2 is 1.31 bits per heavy atom. The highest BCUT2D eigenvalue weighted by atomic mass is 16.6. The van der Waals surface area contributed by atoms with Gasteiger partial charge in [-0.1, -0.05) is 101 Å². The van der Waals surface area contributed by atoms with Crippen molar-refractivity contribution < 1.29 is 33.4 Å². The van der Waals surface area contributed by atoms with E-state index in [1.807, 2.05) is 67.3 Å². The van der Waals surface area contributed by atoms with Crippen LogP contribution < -0.4 is 21.3 Å². The summed E-state index contributed by atoms with van der Waals surface area (Å²) >= 11 is 0. The number of ketones is 1. The van der Waals surface area contributed by atoms with Crippen molar-refractivity contribution in [2.45, 2.75) is 85.4 Å². The zero-order valence-electron chi connectivity index (χ0n) is 32.2. The number of Topliss-reactive ketones (excluding diaryl/α,β-unsaturated/α-hetero) is 1. The standard InChI is InChI=1S/C29H43N5O7.C7H8.C4H10/c1-20(2)15-23(27(38)29(3)19-41-29)33-25(36)17-30-24(35)16-31-28(39)22(10-9-21-7-5-4-6-8-21)32-26(37)18-34-11-13-40-14-12-34;1-7-5-3-2-4-6-7;1-4(2)3/h4-8,20,22-23H,9-19H2,1-3H3,(H,30,35)(H,31,39)(H,32,37)(H,33,36);2-6H,1H3;4H,1-3H3/t22-,23?,29?;;/m0../s1. The molecule has 0 aliphatic carbocycles. The van der Waals surface area contributed by atoms with Crippen LogP contribution in [0, 0.1) is 18.8 Å². The van der Waals surface area contributed by atoms with Gasteiger partial charge in [0.25, 0.3) is 0 Å². The van der Waals surface area contributed by atoms with Crippen molar-refractivity contribution in [3.63, 3.8) is 0 Å². The van der Waals surface area contributed by atoms with Crippen LogP contribution in [0.15, 0.2) is 60.7 Å². The highest BCUT2D eigenvalue weighted by Crippen LogP contribution is 2.29. The number of aryl methyl sites for hydroxylation is 2. The highest BCUT2D eigenvalue weighted by Gasteiger charge is 2.50. The highest BCUT2D eigenvalue weighted by molar-refractivity contribution is 5.97. The van der Waals surface area contributed by atoms with Gasteiger partial charge in [-0.2, -0.15) is 0 Å². The number of ether oxygens (including phenoxy) is 2. The van der Waals surface area contributed by atoms with Crippen LogP contribution in [0.2, 0.25) is 0 Å². The first-order chi connectivity index (χ1) is 24.7. The largest absolute Gasteiger partial charge is 0.379 e.